The van der Waals surface area contributed by atoms with E-state index in [0.717, 1.165) is 28.7 Å². The maximum Gasteiger partial charge on any atom is 0.418 e. The van der Waals surface area contributed by atoms with E-state index in [1.807, 2.05) is 30.3 Å². The van der Waals surface area contributed by atoms with E-state index in [0.29, 0.717) is 5.03 Å². The molecule has 1 aromatic heterocycles. The first kappa shape index (κ1) is 18.5. The van der Waals surface area contributed by atoms with Gasteiger partial charge in [-0.15, -0.1) is 0 Å². The van der Waals surface area contributed by atoms with Crippen LogP contribution in [0.15, 0.2) is 59.6 Å². The number of fused-ring (bicyclic) bond motifs is 1. The van der Waals surface area contributed by atoms with Crippen molar-refractivity contribution in [2.45, 2.75) is 11.2 Å². The number of benzene rings is 2. The zero-order valence-electron chi connectivity index (χ0n) is 13.2. The minimum Gasteiger partial charge on any atom is -0.324 e. The minimum atomic E-state index is -4.61. The van der Waals surface area contributed by atoms with Crippen LogP contribution in [0, 0.1) is 0 Å². The standard InChI is InChI=1S/C18H12ClF3N2OS/c19-13-6-3-5-12(18(20,21)22)17(13)24-15(25)10-26-16-9-8-11-4-1-2-7-14(11)23-16/h1-9H,10H2,(H,24,25). The van der Waals surface area contributed by atoms with Crippen LogP contribution in [0.25, 0.3) is 10.9 Å². The molecule has 0 aliphatic rings. The van der Waals surface area contributed by atoms with Gasteiger partial charge in [0.05, 0.1) is 32.6 Å². The summed E-state index contributed by atoms with van der Waals surface area (Å²) < 4.78 is 39.2. The van der Waals surface area contributed by atoms with Crippen molar-refractivity contribution in [2.24, 2.45) is 0 Å². The van der Waals surface area contributed by atoms with Crippen LogP contribution in [0.4, 0.5) is 18.9 Å². The molecule has 0 unspecified atom stereocenters. The number of anilines is 1. The topological polar surface area (TPSA) is 42.0 Å². The van der Waals surface area contributed by atoms with Crippen molar-refractivity contribution in [3.8, 4) is 0 Å². The second-order valence-electron chi connectivity index (χ2n) is 5.34. The molecule has 0 saturated heterocycles. The fraction of sp³-hybridized carbons (Fsp3) is 0.111. The number of amides is 1. The largest absolute Gasteiger partial charge is 0.418 e. The van der Waals surface area contributed by atoms with Crippen molar-refractivity contribution in [1.29, 1.82) is 0 Å². The van der Waals surface area contributed by atoms with Crippen LogP contribution in [0.2, 0.25) is 5.02 Å². The molecule has 3 rings (SSSR count). The van der Waals surface area contributed by atoms with E-state index in [2.05, 4.69) is 10.3 Å². The number of thioether (sulfide) groups is 1. The number of carbonyl (C=O) groups is 1. The van der Waals surface area contributed by atoms with Crippen molar-refractivity contribution in [3.63, 3.8) is 0 Å². The number of alkyl halides is 3. The zero-order valence-corrected chi connectivity index (χ0v) is 14.8. The lowest BCUT2D eigenvalue weighted by Gasteiger charge is -2.15. The van der Waals surface area contributed by atoms with E-state index in [4.69, 9.17) is 11.6 Å². The SMILES string of the molecule is O=C(CSc1ccc2ccccc2n1)Nc1c(Cl)cccc1C(F)(F)F. The van der Waals surface area contributed by atoms with E-state index in [1.54, 1.807) is 6.07 Å². The van der Waals surface area contributed by atoms with Crippen LogP contribution in [-0.4, -0.2) is 16.6 Å². The van der Waals surface area contributed by atoms with Crippen molar-refractivity contribution >= 4 is 45.9 Å². The summed E-state index contributed by atoms with van der Waals surface area (Å²) in [7, 11) is 0. The van der Waals surface area contributed by atoms with Gasteiger partial charge in [0.25, 0.3) is 0 Å². The molecule has 0 fully saturated rings. The predicted octanol–water partition coefficient (Wildman–Crippen LogP) is 5.64. The molecule has 0 radical (unpaired) electrons. The van der Waals surface area contributed by atoms with Crippen molar-refractivity contribution < 1.29 is 18.0 Å². The minimum absolute atomic E-state index is 0.0894. The molecule has 0 aliphatic heterocycles. The highest BCUT2D eigenvalue weighted by molar-refractivity contribution is 7.99. The summed E-state index contributed by atoms with van der Waals surface area (Å²) in [5.74, 6) is -0.683. The van der Waals surface area contributed by atoms with Crippen molar-refractivity contribution in [3.05, 3.63) is 65.2 Å². The highest BCUT2D eigenvalue weighted by atomic mass is 35.5. The van der Waals surface area contributed by atoms with Gasteiger partial charge < -0.3 is 5.32 Å². The predicted molar refractivity (Wildman–Crippen MR) is 97.6 cm³/mol. The Hall–Kier alpha value is -2.25. The Bertz CT molecular complexity index is 963. The smallest absolute Gasteiger partial charge is 0.324 e. The van der Waals surface area contributed by atoms with Crippen LogP contribution in [0.3, 0.4) is 0 Å². The van der Waals surface area contributed by atoms with E-state index in [-0.39, 0.29) is 10.8 Å². The van der Waals surface area contributed by atoms with E-state index in [9.17, 15) is 18.0 Å². The fourth-order valence-electron chi connectivity index (χ4n) is 2.33. The van der Waals surface area contributed by atoms with Crippen LogP contribution >= 0.6 is 23.4 Å². The van der Waals surface area contributed by atoms with Crippen LogP contribution in [-0.2, 0) is 11.0 Å². The molecule has 26 heavy (non-hydrogen) atoms. The number of rotatable bonds is 4. The van der Waals surface area contributed by atoms with E-state index < -0.39 is 23.3 Å². The van der Waals surface area contributed by atoms with Crippen molar-refractivity contribution in [2.75, 3.05) is 11.1 Å². The molecule has 0 saturated carbocycles. The molecule has 0 bridgehead atoms. The molecular weight excluding hydrogens is 385 g/mol. The van der Waals surface area contributed by atoms with Crippen LogP contribution in [0.1, 0.15) is 5.56 Å². The van der Waals surface area contributed by atoms with Gasteiger partial charge in [-0.25, -0.2) is 4.98 Å². The molecule has 134 valence electrons. The average molecular weight is 397 g/mol. The lowest BCUT2D eigenvalue weighted by atomic mass is 10.1. The Morgan fingerprint density at radius 3 is 2.62 bits per heavy atom. The number of hydrogen-bond acceptors (Lipinski definition) is 3. The van der Waals surface area contributed by atoms with Crippen molar-refractivity contribution in [1.82, 2.24) is 4.98 Å². The van der Waals surface area contributed by atoms with Gasteiger partial charge in [-0.05, 0) is 24.3 Å². The van der Waals surface area contributed by atoms with Gasteiger partial charge in [0.1, 0.15) is 0 Å². The Morgan fingerprint density at radius 1 is 1.08 bits per heavy atom. The number of para-hydroxylation sites is 2. The summed E-state index contributed by atoms with van der Waals surface area (Å²) in [4.78, 5) is 16.5. The van der Waals surface area contributed by atoms with Crippen LogP contribution < -0.4 is 5.32 Å². The summed E-state index contributed by atoms with van der Waals surface area (Å²) in [5.41, 5.74) is -0.630. The molecule has 3 aromatic rings. The fourth-order valence-corrected chi connectivity index (χ4v) is 3.23. The molecule has 8 heteroatoms. The zero-order chi connectivity index (χ0) is 18.7. The Balaban J connectivity index is 1.71. The summed E-state index contributed by atoms with van der Waals surface area (Å²) in [6.45, 7) is 0. The number of nitrogens with one attached hydrogen (secondary N) is 1. The monoisotopic (exact) mass is 396 g/mol. The van der Waals surface area contributed by atoms with Crippen LogP contribution in [0.5, 0.6) is 0 Å². The van der Waals surface area contributed by atoms with E-state index >= 15 is 0 Å². The maximum absolute atomic E-state index is 13.1. The Labute approximate surface area is 156 Å². The van der Waals surface area contributed by atoms with Gasteiger partial charge in [0.15, 0.2) is 0 Å². The lowest BCUT2D eigenvalue weighted by Crippen LogP contribution is -2.18. The third-order valence-electron chi connectivity index (χ3n) is 3.51. The summed E-state index contributed by atoms with van der Waals surface area (Å²) >= 11 is 6.96. The lowest BCUT2D eigenvalue weighted by molar-refractivity contribution is -0.137. The first-order chi connectivity index (χ1) is 12.3. The Kier molecular flexibility index (Phi) is 5.38. The highest BCUT2D eigenvalue weighted by Gasteiger charge is 2.34. The van der Waals surface area contributed by atoms with Gasteiger partial charge in [0, 0.05) is 5.39 Å². The molecule has 1 heterocycles. The van der Waals surface area contributed by atoms with Gasteiger partial charge in [-0.1, -0.05) is 53.7 Å². The quantitative estimate of drug-likeness (QED) is 0.580. The first-order valence-electron chi connectivity index (χ1n) is 7.49. The summed E-state index contributed by atoms with van der Waals surface area (Å²) in [5, 5.41) is 3.66. The van der Waals surface area contributed by atoms with Gasteiger partial charge in [-0.3, -0.25) is 4.79 Å². The highest BCUT2D eigenvalue weighted by Crippen LogP contribution is 2.38. The molecule has 2 aromatic carbocycles. The third kappa shape index (κ3) is 4.28. The molecule has 1 N–H and O–H groups in total. The third-order valence-corrected chi connectivity index (χ3v) is 4.75. The molecule has 3 nitrogen and oxygen atoms in total. The molecule has 0 aliphatic carbocycles. The number of aromatic nitrogens is 1. The number of pyridine rings is 1. The maximum atomic E-state index is 13.1. The number of nitrogens with zero attached hydrogens (tertiary/aromatic N) is 1. The second-order valence-corrected chi connectivity index (χ2v) is 6.74. The number of hydrogen-bond donors (Lipinski definition) is 1. The number of halogens is 4. The van der Waals surface area contributed by atoms with Gasteiger partial charge >= 0.3 is 6.18 Å². The molecule has 1 amide bonds. The van der Waals surface area contributed by atoms with Gasteiger partial charge in [-0.2, -0.15) is 13.2 Å². The molecular formula is C18H12ClF3N2OS. The summed E-state index contributed by atoms with van der Waals surface area (Å²) in [6, 6.07) is 14.5. The first-order valence-corrected chi connectivity index (χ1v) is 8.85. The second kappa shape index (κ2) is 7.55. The average Bonchev–Trinajstić information content (AvgIpc) is 2.60. The summed E-state index contributed by atoms with van der Waals surface area (Å²) in [6.07, 6.45) is -4.61. The van der Waals surface area contributed by atoms with E-state index in [1.165, 1.54) is 12.1 Å². The van der Waals surface area contributed by atoms with Gasteiger partial charge in [0.2, 0.25) is 5.91 Å². The number of carbonyl (C=O) groups excluding carboxylic acids is 1. The Morgan fingerprint density at radius 2 is 1.85 bits per heavy atom. The molecule has 0 atom stereocenters. The normalized spacial score (nSPS) is 11.5. The molecule has 0 spiro atoms.